The molecule has 0 bridgehead atoms. The average Bonchev–Trinajstić information content (AvgIpc) is 3.57. The van der Waals surface area contributed by atoms with Crippen molar-refractivity contribution in [1.82, 2.24) is 5.32 Å². The minimum absolute atomic E-state index is 0. The van der Waals surface area contributed by atoms with E-state index in [1.165, 1.54) is 62.5 Å². The van der Waals surface area contributed by atoms with Crippen LogP contribution >= 0.6 is 0 Å². The van der Waals surface area contributed by atoms with Crippen molar-refractivity contribution in [3.8, 4) is 6.07 Å². The van der Waals surface area contributed by atoms with Crippen molar-refractivity contribution in [3.05, 3.63) is 47.0 Å². The smallest absolute Gasteiger partial charge is 0.0991 e. The first kappa shape index (κ1) is 31.0. The fraction of sp³-hybridized carbons (Fsp3) is 0.643. The normalized spacial score (nSPS) is 22.3. The number of benzene rings is 1. The molecule has 0 saturated heterocycles. The van der Waals surface area contributed by atoms with E-state index >= 15 is 0 Å². The first-order valence-corrected chi connectivity index (χ1v) is 12.0. The van der Waals surface area contributed by atoms with Gasteiger partial charge in [0.1, 0.15) is 0 Å². The number of nitrogens with one attached hydrogen (secondary N) is 1. The molecule has 176 valence electrons. The Morgan fingerprint density at radius 2 is 1.84 bits per heavy atom. The molecular weight excluding hydrogens is 618 g/mol. The number of nitrogens with zero attached hydrogens (tertiary/aromatic N) is 1. The van der Waals surface area contributed by atoms with Crippen molar-refractivity contribution in [2.75, 3.05) is 6.54 Å². The van der Waals surface area contributed by atoms with Crippen molar-refractivity contribution in [2.24, 2.45) is 16.7 Å². The second kappa shape index (κ2) is 15.7. The summed E-state index contributed by atoms with van der Waals surface area (Å²) in [5.74, 6) is 0.685. The number of nitriles is 1. The maximum atomic E-state index is 10.3. The SMILES string of the molecule is C/C=C\C.CCCC[C@]1(C)CC(CN[C-]=O)CCC12CC2.Cc1ccc(C#N)cc1C.[U]. The van der Waals surface area contributed by atoms with Gasteiger partial charge in [-0.15, -0.1) is 0 Å². The maximum Gasteiger partial charge on any atom is 0.0991 e. The van der Waals surface area contributed by atoms with E-state index in [2.05, 4.69) is 25.2 Å². The molecule has 3 nitrogen and oxygen atoms in total. The summed E-state index contributed by atoms with van der Waals surface area (Å²) in [4.78, 5) is 10.3. The van der Waals surface area contributed by atoms with Gasteiger partial charge in [-0.1, -0.05) is 44.9 Å². The van der Waals surface area contributed by atoms with Crippen molar-refractivity contribution >= 4 is 6.41 Å². The number of amides is 1. The van der Waals surface area contributed by atoms with Gasteiger partial charge in [0.15, 0.2) is 0 Å². The van der Waals surface area contributed by atoms with E-state index in [9.17, 15) is 4.79 Å². The molecule has 0 radical (unpaired) electrons. The molecule has 1 aromatic carbocycles. The predicted octanol–water partition coefficient (Wildman–Crippen LogP) is 7.18. The van der Waals surface area contributed by atoms with Crippen LogP contribution in [0.4, 0.5) is 0 Å². The van der Waals surface area contributed by atoms with Gasteiger partial charge >= 0.3 is 0 Å². The Labute approximate surface area is 221 Å². The van der Waals surface area contributed by atoms with Crippen molar-refractivity contribution < 1.29 is 35.9 Å². The minimum Gasteiger partial charge on any atom is -0.530 e. The van der Waals surface area contributed by atoms with Crippen molar-refractivity contribution in [2.45, 2.75) is 92.9 Å². The van der Waals surface area contributed by atoms with Gasteiger partial charge in [-0.2, -0.15) is 11.7 Å². The molecular formula is C28H43N2OU-. The number of hydrogen-bond donors (Lipinski definition) is 1. The van der Waals surface area contributed by atoms with Crippen LogP contribution in [-0.2, 0) is 4.79 Å². The number of hydrogen-bond acceptors (Lipinski definition) is 2. The van der Waals surface area contributed by atoms with Crippen LogP contribution in [0.15, 0.2) is 30.4 Å². The van der Waals surface area contributed by atoms with Crippen LogP contribution in [0.1, 0.15) is 95.8 Å². The topological polar surface area (TPSA) is 52.9 Å². The van der Waals surface area contributed by atoms with Gasteiger partial charge in [-0.3, -0.25) is 0 Å². The third-order valence-electron chi connectivity index (χ3n) is 7.42. The van der Waals surface area contributed by atoms with Crippen LogP contribution in [0.25, 0.3) is 0 Å². The van der Waals surface area contributed by atoms with Gasteiger partial charge in [0.2, 0.25) is 0 Å². The predicted molar refractivity (Wildman–Crippen MR) is 131 cm³/mol. The third-order valence-corrected chi connectivity index (χ3v) is 7.42. The van der Waals surface area contributed by atoms with E-state index in [1.54, 1.807) is 0 Å². The van der Waals surface area contributed by atoms with Crippen LogP contribution in [0.3, 0.4) is 0 Å². The van der Waals surface area contributed by atoms with Gasteiger partial charge in [-0.25, -0.2) is 0 Å². The zero-order valence-electron chi connectivity index (χ0n) is 21.2. The number of allylic oxidation sites excluding steroid dienone is 2. The summed E-state index contributed by atoms with van der Waals surface area (Å²) in [5, 5.41) is 11.3. The van der Waals surface area contributed by atoms with Gasteiger partial charge < -0.3 is 10.1 Å². The summed E-state index contributed by atoms with van der Waals surface area (Å²) in [5.41, 5.74) is 4.38. The van der Waals surface area contributed by atoms with Gasteiger partial charge in [0.05, 0.1) is 11.6 Å². The Bertz CT molecular complexity index is 744. The van der Waals surface area contributed by atoms with E-state index in [1.807, 2.05) is 64.5 Å². The Hall–Kier alpha value is -1.03. The summed E-state index contributed by atoms with van der Waals surface area (Å²) in [6.07, 6.45) is 16.8. The molecule has 0 aromatic heterocycles. The van der Waals surface area contributed by atoms with Gasteiger partial charge in [0.25, 0.3) is 0 Å². The molecule has 2 saturated carbocycles. The molecule has 2 aliphatic carbocycles. The van der Waals surface area contributed by atoms with E-state index in [4.69, 9.17) is 5.26 Å². The first-order chi connectivity index (χ1) is 14.8. The Balaban J connectivity index is 0.000000546. The van der Waals surface area contributed by atoms with Crippen LogP contribution in [0.2, 0.25) is 0 Å². The van der Waals surface area contributed by atoms with Crippen LogP contribution < -0.4 is 5.32 Å². The van der Waals surface area contributed by atoms with E-state index in [0.717, 1.165) is 12.1 Å². The Morgan fingerprint density at radius 3 is 2.31 bits per heavy atom. The largest absolute Gasteiger partial charge is 0.530 e. The molecule has 1 amide bonds. The molecule has 4 heteroatoms. The molecule has 0 heterocycles. The molecule has 3 rings (SSSR count). The molecule has 1 spiro atoms. The fourth-order valence-electron chi connectivity index (χ4n) is 4.85. The fourth-order valence-corrected chi connectivity index (χ4v) is 4.85. The van der Waals surface area contributed by atoms with Gasteiger partial charge in [0, 0.05) is 31.1 Å². The molecule has 2 fully saturated rings. The van der Waals surface area contributed by atoms with E-state index in [-0.39, 0.29) is 31.1 Å². The Kier molecular flexibility index (Phi) is 15.2. The standard InChI is InChI=1S/C15H26NO.C9H9N.C4H8.U/c1-3-4-6-14(2)10-13(11-16-12-17)5-7-15(14)8-9-15;1-7-3-4-9(6-10)5-8(7)2;1-3-4-2;/h13H,3-11H2,1-2H3,(H,16,17);3-5H,1-2H3;3-4H,1-2H3;/q-1;;;/b;;4-3-;/t13?,14-;;;/m1.../s1. The summed E-state index contributed by atoms with van der Waals surface area (Å²) in [7, 11) is 0. The number of carbonyl (C=O) groups excluding carboxylic acids is 1. The molecule has 2 atom stereocenters. The molecule has 2 aliphatic rings. The molecule has 1 N–H and O–H groups in total. The number of rotatable bonds is 6. The summed E-state index contributed by atoms with van der Waals surface area (Å²) in [6, 6.07) is 7.79. The zero-order chi connectivity index (χ0) is 23.3. The second-order valence-corrected chi connectivity index (χ2v) is 9.61. The molecule has 0 aliphatic heterocycles. The van der Waals surface area contributed by atoms with Gasteiger partial charge in [-0.05, 0) is 113 Å². The molecule has 1 aromatic rings. The summed E-state index contributed by atoms with van der Waals surface area (Å²) in [6.45, 7) is 13.7. The van der Waals surface area contributed by atoms with E-state index in [0.29, 0.717) is 16.7 Å². The summed E-state index contributed by atoms with van der Waals surface area (Å²) < 4.78 is 0. The monoisotopic (exact) mass is 661 g/mol. The maximum absolute atomic E-state index is 10.3. The molecule has 32 heavy (non-hydrogen) atoms. The van der Waals surface area contributed by atoms with Crippen molar-refractivity contribution in [1.29, 1.82) is 5.26 Å². The quantitative estimate of drug-likeness (QED) is 0.200. The number of unbranched alkanes of at least 4 members (excludes halogenated alkanes) is 1. The second-order valence-electron chi connectivity index (χ2n) is 9.61. The summed E-state index contributed by atoms with van der Waals surface area (Å²) >= 11 is 0. The first-order valence-electron chi connectivity index (χ1n) is 12.0. The Morgan fingerprint density at radius 1 is 1.19 bits per heavy atom. The van der Waals surface area contributed by atoms with Crippen LogP contribution in [0, 0.1) is 73.0 Å². The van der Waals surface area contributed by atoms with Crippen LogP contribution in [0.5, 0.6) is 0 Å². The minimum atomic E-state index is 0. The third kappa shape index (κ3) is 9.45. The molecule has 1 unspecified atom stereocenters. The average molecular weight is 662 g/mol. The van der Waals surface area contributed by atoms with Crippen molar-refractivity contribution in [3.63, 3.8) is 0 Å². The zero-order valence-corrected chi connectivity index (χ0v) is 25.3. The van der Waals surface area contributed by atoms with Crippen LogP contribution in [-0.4, -0.2) is 13.0 Å². The number of aryl methyl sites for hydroxylation is 2. The van der Waals surface area contributed by atoms with E-state index < -0.39 is 0 Å².